The lowest BCUT2D eigenvalue weighted by atomic mass is 10.1. The predicted octanol–water partition coefficient (Wildman–Crippen LogP) is 2.32. The van der Waals surface area contributed by atoms with E-state index in [0.29, 0.717) is 0 Å². The molecule has 0 unspecified atom stereocenters. The minimum absolute atomic E-state index is 0.0963. The monoisotopic (exact) mass is 274 g/mol. The average Bonchev–Trinajstić information content (AvgIpc) is 2.99. The number of carboxylic acid groups (broad SMARTS) is 1. The minimum Gasteiger partial charge on any atom is -0.478 e. The molecule has 0 saturated heterocycles. The van der Waals surface area contributed by atoms with Crippen LogP contribution < -0.4 is 0 Å². The van der Waals surface area contributed by atoms with E-state index in [9.17, 15) is 13.2 Å². The van der Waals surface area contributed by atoms with Crippen LogP contribution in [0.4, 0.5) is 0 Å². The first kappa shape index (κ1) is 12.4. The number of rotatable bonds is 3. The van der Waals surface area contributed by atoms with Crippen LogP contribution in [0.2, 0.25) is 5.02 Å². The van der Waals surface area contributed by atoms with Gasteiger partial charge in [-0.05, 0) is 36.5 Å². The Hall–Kier alpha value is -1.07. The maximum absolute atomic E-state index is 11.5. The zero-order chi connectivity index (χ0) is 12.8. The first-order valence-corrected chi connectivity index (χ1v) is 7.34. The van der Waals surface area contributed by atoms with Gasteiger partial charge in [0.25, 0.3) is 0 Å². The third-order valence-corrected chi connectivity index (χ3v) is 4.38. The highest BCUT2D eigenvalue weighted by molar-refractivity contribution is 7.90. The van der Waals surface area contributed by atoms with Crippen molar-refractivity contribution >= 4 is 27.4 Å². The summed E-state index contributed by atoms with van der Waals surface area (Å²) in [6.07, 6.45) is 2.95. The van der Waals surface area contributed by atoms with Gasteiger partial charge in [-0.3, -0.25) is 0 Å². The second-order valence-electron chi connectivity index (χ2n) is 4.23. The van der Waals surface area contributed by atoms with Gasteiger partial charge in [-0.1, -0.05) is 11.6 Å². The van der Waals surface area contributed by atoms with Crippen molar-refractivity contribution in [1.82, 2.24) is 0 Å². The van der Waals surface area contributed by atoms with Gasteiger partial charge in [0.15, 0.2) is 9.84 Å². The number of aromatic carboxylic acids is 1. The lowest BCUT2D eigenvalue weighted by Crippen LogP contribution is -2.06. The molecule has 0 spiro atoms. The van der Waals surface area contributed by atoms with Crippen LogP contribution in [0.5, 0.6) is 0 Å². The third-order valence-electron chi connectivity index (χ3n) is 2.74. The van der Waals surface area contributed by atoms with E-state index in [-0.39, 0.29) is 21.4 Å². The highest BCUT2D eigenvalue weighted by atomic mass is 35.5. The Morgan fingerprint density at radius 3 is 2.41 bits per heavy atom. The van der Waals surface area contributed by atoms with Gasteiger partial charge >= 0.3 is 5.97 Å². The molecule has 1 saturated carbocycles. The van der Waals surface area contributed by atoms with E-state index in [1.807, 2.05) is 0 Å². The Kier molecular flexibility index (Phi) is 2.91. The fourth-order valence-corrected chi connectivity index (χ4v) is 3.09. The molecule has 2 rings (SSSR count). The van der Waals surface area contributed by atoms with Crippen LogP contribution in [0, 0.1) is 0 Å². The molecule has 1 aromatic carbocycles. The van der Waals surface area contributed by atoms with Crippen molar-refractivity contribution in [3.8, 4) is 0 Å². The van der Waals surface area contributed by atoms with Gasteiger partial charge in [-0.25, -0.2) is 13.2 Å². The summed E-state index contributed by atoms with van der Waals surface area (Å²) in [6.45, 7) is 0. The van der Waals surface area contributed by atoms with Crippen molar-refractivity contribution in [2.75, 3.05) is 6.26 Å². The number of hydrogen-bond donors (Lipinski definition) is 1. The molecule has 1 aliphatic rings. The summed E-state index contributed by atoms with van der Waals surface area (Å²) in [5.41, 5.74) is 0.601. The number of hydrogen-bond acceptors (Lipinski definition) is 3. The van der Waals surface area contributed by atoms with Gasteiger partial charge in [0.1, 0.15) is 0 Å². The van der Waals surface area contributed by atoms with Crippen molar-refractivity contribution in [2.24, 2.45) is 0 Å². The van der Waals surface area contributed by atoms with Crippen molar-refractivity contribution in [3.05, 3.63) is 28.3 Å². The average molecular weight is 275 g/mol. The fraction of sp³-hybridized carbons (Fsp3) is 0.364. The van der Waals surface area contributed by atoms with Crippen LogP contribution in [0.15, 0.2) is 17.0 Å². The molecule has 0 heterocycles. The summed E-state index contributed by atoms with van der Waals surface area (Å²) < 4.78 is 23.1. The first-order valence-electron chi connectivity index (χ1n) is 5.07. The summed E-state index contributed by atoms with van der Waals surface area (Å²) in [4.78, 5) is 10.9. The molecule has 1 N–H and O–H groups in total. The maximum atomic E-state index is 11.5. The Labute approximate surface area is 104 Å². The van der Waals surface area contributed by atoms with Gasteiger partial charge in [-0.2, -0.15) is 0 Å². The highest BCUT2D eigenvalue weighted by Crippen LogP contribution is 2.42. The number of benzene rings is 1. The summed E-state index contributed by atoms with van der Waals surface area (Å²) in [7, 11) is -3.51. The van der Waals surface area contributed by atoms with Crippen molar-refractivity contribution in [3.63, 3.8) is 0 Å². The number of halogens is 1. The SMILES string of the molecule is CS(=O)(=O)c1cc(C2CC2)cc(C(=O)O)c1Cl. The van der Waals surface area contributed by atoms with Crippen LogP contribution in [-0.2, 0) is 9.84 Å². The largest absolute Gasteiger partial charge is 0.478 e. The van der Waals surface area contributed by atoms with E-state index >= 15 is 0 Å². The molecule has 1 aliphatic carbocycles. The summed E-state index contributed by atoms with van der Waals surface area (Å²) in [6, 6.07) is 2.96. The lowest BCUT2D eigenvalue weighted by Gasteiger charge is -2.08. The van der Waals surface area contributed by atoms with Crippen molar-refractivity contribution in [2.45, 2.75) is 23.7 Å². The lowest BCUT2D eigenvalue weighted by molar-refractivity contribution is 0.0696. The predicted molar refractivity (Wildman–Crippen MR) is 63.5 cm³/mol. The summed E-state index contributed by atoms with van der Waals surface area (Å²) >= 11 is 5.83. The normalized spacial score (nSPS) is 15.9. The van der Waals surface area contributed by atoms with Crippen LogP contribution in [-0.4, -0.2) is 25.7 Å². The minimum atomic E-state index is -3.51. The molecule has 0 radical (unpaired) electrons. The topological polar surface area (TPSA) is 71.4 Å². The van der Waals surface area contributed by atoms with E-state index in [4.69, 9.17) is 16.7 Å². The number of carboxylic acids is 1. The molecule has 6 heteroatoms. The van der Waals surface area contributed by atoms with E-state index in [1.54, 1.807) is 0 Å². The zero-order valence-electron chi connectivity index (χ0n) is 9.10. The molecule has 0 aliphatic heterocycles. The van der Waals surface area contributed by atoms with Gasteiger partial charge in [0.05, 0.1) is 15.5 Å². The molecular weight excluding hydrogens is 264 g/mol. The molecule has 1 aromatic rings. The molecule has 1 fully saturated rings. The Bertz CT molecular complexity index is 588. The van der Waals surface area contributed by atoms with Gasteiger partial charge < -0.3 is 5.11 Å². The summed E-state index contributed by atoms with van der Waals surface area (Å²) in [5.74, 6) is -0.937. The molecule has 4 nitrogen and oxygen atoms in total. The van der Waals surface area contributed by atoms with Gasteiger partial charge in [-0.15, -0.1) is 0 Å². The smallest absolute Gasteiger partial charge is 0.337 e. The second kappa shape index (κ2) is 3.99. The van der Waals surface area contributed by atoms with Gasteiger partial charge in [0.2, 0.25) is 0 Å². The van der Waals surface area contributed by atoms with E-state index in [1.165, 1.54) is 12.1 Å². The highest BCUT2D eigenvalue weighted by Gasteiger charge is 2.28. The molecule has 0 aromatic heterocycles. The van der Waals surface area contributed by atoms with Crippen LogP contribution in [0.25, 0.3) is 0 Å². The molecular formula is C11H11ClO4S. The second-order valence-corrected chi connectivity index (χ2v) is 6.59. The van der Waals surface area contributed by atoms with E-state index in [0.717, 1.165) is 24.7 Å². The quantitative estimate of drug-likeness (QED) is 0.918. The molecule has 0 atom stereocenters. The third kappa shape index (κ3) is 2.45. The standard InChI is InChI=1S/C11H11ClO4S/c1-17(15,16)9-5-7(6-2-3-6)4-8(10(9)12)11(13)14/h4-6H,2-3H2,1H3,(H,13,14). The number of carbonyl (C=O) groups is 1. The Morgan fingerprint density at radius 1 is 1.41 bits per heavy atom. The maximum Gasteiger partial charge on any atom is 0.337 e. The molecule has 92 valence electrons. The van der Waals surface area contributed by atoms with Gasteiger partial charge in [0, 0.05) is 6.26 Å². The van der Waals surface area contributed by atoms with Crippen LogP contribution in [0.1, 0.15) is 34.7 Å². The molecule has 0 amide bonds. The van der Waals surface area contributed by atoms with E-state index in [2.05, 4.69) is 0 Å². The summed E-state index contributed by atoms with van der Waals surface area (Å²) in [5, 5.41) is 8.80. The first-order chi connectivity index (χ1) is 7.80. The zero-order valence-corrected chi connectivity index (χ0v) is 10.7. The molecule has 17 heavy (non-hydrogen) atoms. The van der Waals surface area contributed by atoms with E-state index < -0.39 is 15.8 Å². The Morgan fingerprint density at radius 2 is 2.00 bits per heavy atom. The Balaban J connectivity index is 2.69. The van der Waals surface area contributed by atoms with Crippen molar-refractivity contribution < 1.29 is 18.3 Å². The van der Waals surface area contributed by atoms with Crippen molar-refractivity contribution in [1.29, 1.82) is 0 Å². The van der Waals surface area contributed by atoms with Crippen LogP contribution in [0.3, 0.4) is 0 Å². The molecule has 0 bridgehead atoms. The van der Waals surface area contributed by atoms with Crippen LogP contribution >= 0.6 is 11.6 Å². The number of sulfone groups is 1. The fourth-order valence-electron chi connectivity index (χ4n) is 1.70.